The topological polar surface area (TPSA) is 87.9 Å². The first-order valence-electron chi connectivity index (χ1n) is 13.6. The monoisotopic (exact) mass is 566 g/mol. The normalized spacial score (nSPS) is 11.9. The first kappa shape index (κ1) is 31.2. The van der Waals surface area contributed by atoms with E-state index in [0.29, 0.717) is 25.5 Å². The lowest BCUT2D eigenvalue weighted by molar-refractivity contribution is -0.147. The minimum absolute atomic E-state index is 0.0143. The first-order valence-corrected chi connectivity index (χ1v) is 14.5. The molecule has 1 atom stereocenters. The Morgan fingerprint density at radius 3 is 2.42 bits per heavy atom. The summed E-state index contributed by atoms with van der Waals surface area (Å²) in [6.07, 6.45) is 1.12. The lowest BCUT2D eigenvalue weighted by Gasteiger charge is -2.35. The summed E-state index contributed by atoms with van der Waals surface area (Å²) in [5.74, 6) is 0.526. The molecule has 9 heteroatoms. The molecule has 40 heavy (non-hydrogen) atoms. The van der Waals surface area contributed by atoms with E-state index in [2.05, 4.69) is 34.1 Å². The highest BCUT2D eigenvalue weighted by atomic mass is 32.2. The van der Waals surface area contributed by atoms with Crippen LogP contribution in [0.2, 0.25) is 0 Å². The lowest BCUT2D eigenvalue weighted by Crippen LogP contribution is -2.51. The number of amides is 2. The lowest BCUT2D eigenvalue weighted by atomic mass is 9.96. The summed E-state index contributed by atoms with van der Waals surface area (Å²) in [4.78, 5) is 30.8. The number of anilines is 1. The standard InChI is InChI=1S/C31H42N4O4S/c1-9-12-28(36)35(29(20(2)3)31(37)34(6)7)18-23-15-16-25(24(17-23)19-38-8)26-13-10-11-14-27(26)40-33-30-21(4)22(5)32-39-30/h10-11,13-17,20,29,33H,9,12,18-19H2,1-8H3. The summed E-state index contributed by atoms with van der Waals surface area (Å²) in [5, 5.41) is 4.03. The second kappa shape index (κ2) is 14.4. The van der Waals surface area contributed by atoms with Gasteiger partial charge in [-0.3, -0.25) is 14.3 Å². The molecular weight excluding hydrogens is 524 g/mol. The van der Waals surface area contributed by atoms with Crippen molar-refractivity contribution < 1.29 is 18.8 Å². The number of aromatic nitrogens is 1. The van der Waals surface area contributed by atoms with Crippen molar-refractivity contribution in [2.45, 2.75) is 71.5 Å². The molecule has 8 nitrogen and oxygen atoms in total. The van der Waals surface area contributed by atoms with Crippen molar-refractivity contribution in [3.63, 3.8) is 0 Å². The number of nitrogens with one attached hydrogen (secondary N) is 1. The highest BCUT2D eigenvalue weighted by molar-refractivity contribution is 8.00. The Morgan fingerprint density at radius 2 is 1.82 bits per heavy atom. The van der Waals surface area contributed by atoms with Crippen LogP contribution in [0.5, 0.6) is 0 Å². The number of hydrogen-bond acceptors (Lipinski definition) is 7. The van der Waals surface area contributed by atoms with Gasteiger partial charge in [-0.2, -0.15) is 0 Å². The number of carbonyl (C=O) groups excluding carboxylic acids is 2. The van der Waals surface area contributed by atoms with Crippen LogP contribution in [0.3, 0.4) is 0 Å². The maximum atomic E-state index is 13.3. The van der Waals surface area contributed by atoms with Crippen LogP contribution >= 0.6 is 11.9 Å². The summed E-state index contributed by atoms with van der Waals surface area (Å²) in [6.45, 7) is 10.6. The van der Waals surface area contributed by atoms with E-state index < -0.39 is 6.04 Å². The quantitative estimate of drug-likeness (QED) is 0.237. The van der Waals surface area contributed by atoms with Crippen LogP contribution < -0.4 is 4.72 Å². The van der Waals surface area contributed by atoms with Crippen LogP contribution in [-0.2, 0) is 27.5 Å². The Labute approximate surface area is 242 Å². The van der Waals surface area contributed by atoms with Crippen LogP contribution in [0.1, 0.15) is 56.0 Å². The van der Waals surface area contributed by atoms with E-state index in [-0.39, 0.29) is 17.7 Å². The molecule has 0 radical (unpaired) electrons. The maximum Gasteiger partial charge on any atom is 0.245 e. The molecule has 3 aromatic rings. The average molecular weight is 567 g/mol. The van der Waals surface area contributed by atoms with Gasteiger partial charge in [-0.15, -0.1) is 0 Å². The number of benzene rings is 2. The van der Waals surface area contributed by atoms with E-state index >= 15 is 0 Å². The van der Waals surface area contributed by atoms with Gasteiger partial charge in [0.1, 0.15) is 6.04 Å². The van der Waals surface area contributed by atoms with Gasteiger partial charge in [0.15, 0.2) is 0 Å². The van der Waals surface area contributed by atoms with Gasteiger partial charge in [0.2, 0.25) is 17.7 Å². The largest absolute Gasteiger partial charge is 0.380 e. The van der Waals surface area contributed by atoms with Crippen molar-refractivity contribution >= 4 is 29.6 Å². The van der Waals surface area contributed by atoms with Gasteiger partial charge in [-0.1, -0.05) is 62.3 Å². The van der Waals surface area contributed by atoms with Crippen molar-refractivity contribution in [2.24, 2.45) is 5.92 Å². The van der Waals surface area contributed by atoms with Crippen LogP contribution in [0.4, 0.5) is 5.88 Å². The SMILES string of the molecule is CCCC(=O)N(Cc1ccc(-c2ccccc2SNc2onc(C)c2C)c(COC)c1)C(C(=O)N(C)C)C(C)C. The molecule has 0 aliphatic rings. The number of hydrogen-bond donors (Lipinski definition) is 1. The third-order valence-corrected chi connectivity index (χ3v) is 7.72. The zero-order chi connectivity index (χ0) is 29.4. The van der Waals surface area contributed by atoms with Crippen LogP contribution in [-0.4, -0.2) is 54.0 Å². The van der Waals surface area contributed by atoms with E-state index in [9.17, 15) is 9.59 Å². The minimum atomic E-state index is -0.536. The zero-order valence-corrected chi connectivity index (χ0v) is 25.7. The highest BCUT2D eigenvalue weighted by Crippen LogP contribution is 2.36. The summed E-state index contributed by atoms with van der Waals surface area (Å²) in [5.41, 5.74) is 5.87. The third kappa shape index (κ3) is 7.46. The Balaban J connectivity index is 1.97. The number of nitrogens with zero attached hydrogens (tertiary/aromatic N) is 3. The van der Waals surface area contributed by atoms with Crippen molar-refractivity contribution in [3.8, 4) is 11.1 Å². The summed E-state index contributed by atoms with van der Waals surface area (Å²) in [6, 6.07) is 13.8. The molecule has 1 unspecified atom stereocenters. The van der Waals surface area contributed by atoms with E-state index in [1.807, 2.05) is 52.8 Å². The Hall–Kier alpha value is -3.30. The highest BCUT2D eigenvalue weighted by Gasteiger charge is 2.33. The molecule has 0 aliphatic carbocycles. The second-order valence-corrected chi connectivity index (χ2v) is 11.4. The molecule has 0 aliphatic heterocycles. The summed E-state index contributed by atoms with van der Waals surface area (Å²) >= 11 is 1.47. The maximum absolute atomic E-state index is 13.3. The Morgan fingerprint density at radius 1 is 1.10 bits per heavy atom. The molecule has 2 aromatic carbocycles. The molecule has 0 saturated heterocycles. The second-order valence-electron chi connectivity index (χ2n) is 10.5. The zero-order valence-electron chi connectivity index (χ0n) is 24.9. The average Bonchev–Trinajstić information content (AvgIpc) is 3.24. The fourth-order valence-electron chi connectivity index (χ4n) is 4.61. The van der Waals surface area contributed by atoms with Crippen LogP contribution in [0, 0.1) is 19.8 Å². The molecule has 0 bridgehead atoms. The molecule has 0 spiro atoms. The van der Waals surface area contributed by atoms with E-state index in [0.717, 1.165) is 44.8 Å². The molecule has 1 heterocycles. The van der Waals surface area contributed by atoms with Gasteiger partial charge in [0.25, 0.3) is 0 Å². The van der Waals surface area contributed by atoms with Crippen molar-refractivity contribution in [1.82, 2.24) is 15.0 Å². The number of rotatable bonds is 13. The fourth-order valence-corrected chi connectivity index (χ4v) is 5.44. The molecular formula is C31H42N4O4S. The van der Waals surface area contributed by atoms with Gasteiger partial charge in [0.05, 0.1) is 12.3 Å². The summed E-state index contributed by atoms with van der Waals surface area (Å²) < 4.78 is 14.3. The van der Waals surface area contributed by atoms with Gasteiger partial charge < -0.3 is 19.1 Å². The van der Waals surface area contributed by atoms with Crippen molar-refractivity contribution in [3.05, 3.63) is 64.8 Å². The molecule has 2 amide bonds. The fraction of sp³-hybridized carbons (Fsp3) is 0.452. The van der Waals surface area contributed by atoms with Gasteiger partial charge in [0, 0.05) is 44.6 Å². The molecule has 0 saturated carbocycles. The van der Waals surface area contributed by atoms with Crippen LogP contribution in [0.15, 0.2) is 51.9 Å². The Bertz CT molecular complexity index is 1300. The van der Waals surface area contributed by atoms with Crippen LogP contribution in [0.25, 0.3) is 11.1 Å². The van der Waals surface area contributed by atoms with Crippen molar-refractivity contribution in [1.29, 1.82) is 0 Å². The number of carbonyl (C=O) groups is 2. The molecule has 1 aromatic heterocycles. The predicted octanol–water partition coefficient (Wildman–Crippen LogP) is 6.47. The third-order valence-electron chi connectivity index (χ3n) is 6.86. The molecule has 0 fully saturated rings. The molecule has 1 N–H and O–H groups in total. The van der Waals surface area contributed by atoms with Gasteiger partial charge >= 0.3 is 0 Å². The number of ether oxygens (including phenoxy) is 1. The van der Waals surface area contributed by atoms with Gasteiger partial charge in [-0.25, -0.2) is 0 Å². The molecule has 3 rings (SSSR count). The number of aryl methyl sites for hydroxylation is 1. The number of likely N-dealkylation sites (N-methyl/N-ethyl adjacent to an activating group) is 1. The van der Waals surface area contributed by atoms with E-state index in [1.54, 1.807) is 31.0 Å². The predicted molar refractivity (Wildman–Crippen MR) is 161 cm³/mol. The number of methoxy groups -OCH3 is 1. The Kier molecular flexibility index (Phi) is 11.2. The van der Waals surface area contributed by atoms with E-state index in [1.165, 1.54) is 11.9 Å². The summed E-state index contributed by atoms with van der Waals surface area (Å²) in [7, 11) is 5.15. The minimum Gasteiger partial charge on any atom is -0.380 e. The first-order chi connectivity index (χ1) is 19.1. The molecule has 216 valence electrons. The smallest absolute Gasteiger partial charge is 0.245 e. The van der Waals surface area contributed by atoms with Crippen molar-refractivity contribution in [2.75, 3.05) is 25.9 Å². The van der Waals surface area contributed by atoms with E-state index in [4.69, 9.17) is 9.26 Å². The van der Waals surface area contributed by atoms with Gasteiger partial charge in [-0.05, 0) is 66.5 Å².